The molecule has 2 bridgehead atoms. The monoisotopic (exact) mass is 429 g/mol. The van der Waals surface area contributed by atoms with Crippen molar-refractivity contribution in [3.05, 3.63) is 29.8 Å². The van der Waals surface area contributed by atoms with Gasteiger partial charge in [0.15, 0.2) is 0 Å². The summed E-state index contributed by atoms with van der Waals surface area (Å²) in [6.45, 7) is 1.49. The van der Waals surface area contributed by atoms with Gasteiger partial charge in [-0.2, -0.15) is 4.31 Å². The minimum atomic E-state index is -3.60. The number of amides is 1. The number of halogens is 1. The van der Waals surface area contributed by atoms with Crippen LogP contribution in [0.3, 0.4) is 0 Å². The first-order valence-corrected chi connectivity index (χ1v) is 11.1. The van der Waals surface area contributed by atoms with Gasteiger partial charge in [-0.15, -0.1) is 12.4 Å². The highest BCUT2D eigenvalue weighted by Crippen LogP contribution is 2.30. The number of nitrogens with zero attached hydrogens (tertiary/aromatic N) is 2. The van der Waals surface area contributed by atoms with Gasteiger partial charge in [-0.3, -0.25) is 4.79 Å². The Kier molecular flexibility index (Phi) is 6.66. The van der Waals surface area contributed by atoms with Crippen LogP contribution in [0.4, 0.5) is 0 Å². The Labute approximate surface area is 172 Å². The molecule has 3 aliphatic heterocycles. The quantitative estimate of drug-likeness (QED) is 0.784. The largest absolute Gasteiger partial charge is 0.379 e. The van der Waals surface area contributed by atoms with Crippen molar-refractivity contribution in [3.63, 3.8) is 0 Å². The van der Waals surface area contributed by atoms with Gasteiger partial charge in [-0.05, 0) is 43.9 Å². The van der Waals surface area contributed by atoms with Gasteiger partial charge in [0.25, 0.3) is 5.91 Å². The molecule has 9 heteroatoms. The molecule has 0 radical (unpaired) electrons. The molecule has 28 heavy (non-hydrogen) atoms. The summed E-state index contributed by atoms with van der Waals surface area (Å²) in [6, 6.07) is 7.63. The summed E-state index contributed by atoms with van der Waals surface area (Å²) >= 11 is 0. The third-order valence-electron chi connectivity index (χ3n) is 6.01. The topological polar surface area (TPSA) is 79.0 Å². The van der Waals surface area contributed by atoms with Crippen LogP contribution in [0.25, 0.3) is 0 Å². The van der Waals surface area contributed by atoms with E-state index in [-0.39, 0.29) is 29.3 Å². The van der Waals surface area contributed by atoms with Crippen LogP contribution in [0.15, 0.2) is 29.2 Å². The van der Waals surface area contributed by atoms with Gasteiger partial charge in [-0.1, -0.05) is 6.07 Å². The molecule has 0 saturated carbocycles. The Morgan fingerprint density at radius 3 is 2.46 bits per heavy atom. The highest BCUT2D eigenvalue weighted by atomic mass is 35.5. The lowest BCUT2D eigenvalue weighted by Crippen LogP contribution is -2.48. The van der Waals surface area contributed by atoms with Gasteiger partial charge in [0, 0.05) is 43.8 Å². The summed E-state index contributed by atoms with van der Waals surface area (Å²) in [6.07, 6.45) is 4.28. The molecule has 3 fully saturated rings. The van der Waals surface area contributed by atoms with Crippen LogP contribution in [0.2, 0.25) is 0 Å². The lowest BCUT2D eigenvalue weighted by Gasteiger charge is -2.35. The van der Waals surface area contributed by atoms with E-state index in [2.05, 4.69) is 5.32 Å². The SMILES string of the molecule is CN(C(=O)c1cccc(S(=O)(=O)N2CCOCC2)c1)C1CC2CCC(C1)N2.Cl. The molecule has 7 nitrogen and oxygen atoms in total. The van der Waals surface area contributed by atoms with Gasteiger partial charge in [0.1, 0.15) is 0 Å². The van der Waals surface area contributed by atoms with E-state index in [1.54, 1.807) is 23.1 Å². The van der Waals surface area contributed by atoms with Crippen LogP contribution in [-0.4, -0.2) is 75.0 Å². The fourth-order valence-electron chi connectivity index (χ4n) is 4.44. The lowest BCUT2D eigenvalue weighted by atomic mass is 9.98. The molecule has 1 N–H and O–H groups in total. The molecule has 0 spiro atoms. The number of hydrogen-bond donors (Lipinski definition) is 1. The molecule has 1 aromatic carbocycles. The molecular weight excluding hydrogens is 402 g/mol. The fourth-order valence-corrected chi connectivity index (χ4v) is 5.89. The third kappa shape index (κ3) is 4.21. The Morgan fingerprint density at radius 1 is 1.18 bits per heavy atom. The summed E-state index contributed by atoms with van der Waals surface area (Å²) < 4.78 is 32.4. The van der Waals surface area contributed by atoms with E-state index in [1.807, 2.05) is 7.05 Å². The zero-order valence-corrected chi connectivity index (χ0v) is 17.7. The fraction of sp³-hybridized carbons (Fsp3) is 0.632. The first-order chi connectivity index (χ1) is 12.9. The number of rotatable bonds is 4. The molecule has 1 aromatic rings. The normalized spacial score (nSPS) is 27.8. The summed E-state index contributed by atoms with van der Waals surface area (Å²) in [5.41, 5.74) is 0.428. The second kappa shape index (κ2) is 8.67. The Morgan fingerprint density at radius 2 is 1.82 bits per heavy atom. The van der Waals surface area contributed by atoms with E-state index in [0.717, 1.165) is 12.8 Å². The van der Waals surface area contributed by atoms with Crippen molar-refractivity contribution >= 4 is 28.3 Å². The highest BCUT2D eigenvalue weighted by molar-refractivity contribution is 7.89. The van der Waals surface area contributed by atoms with E-state index in [1.165, 1.54) is 23.2 Å². The summed E-state index contributed by atoms with van der Waals surface area (Å²) in [5, 5.41) is 3.59. The van der Waals surface area contributed by atoms with Crippen molar-refractivity contribution in [2.24, 2.45) is 0 Å². The second-order valence-corrected chi connectivity index (χ2v) is 9.66. The molecule has 3 aliphatic rings. The number of ether oxygens (including phenoxy) is 1. The first-order valence-electron chi connectivity index (χ1n) is 9.66. The average molecular weight is 430 g/mol. The summed E-state index contributed by atoms with van der Waals surface area (Å²) in [4.78, 5) is 15.0. The number of morpholine rings is 1. The second-order valence-electron chi connectivity index (χ2n) is 7.72. The number of carbonyl (C=O) groups is 1. The zero-order valence-electron chi connectivity index (χ0n) is 16.0. The Bertz CT molecular complexity index is 801. The Balaban J connectivity index is 0.00000225. The standard InChI is InChI=1S/C19H27N3O4S.ClH/c1-21(17-12-15-5-6-16(13-17)20-15)19(23)14-3-2-4-18(11-14)27(24,25)22-7-9-26-10-8-22;/h2-4,11,15-17,20H,5-10,12-13H2,1H3;1H. The zero-order chi connectivity index (χ0) is 19.0. The van der Waals surface area contributed by atoms with E-state index in [9.17, 15) is 13.2 Å². The first kappa shape index (κ1) is 21.5. The van der Waals surface area contributed by atoms with Crippen molar-refractivity contribution in [1.82, 2.24) is 14.5 Å². The maximum absolute atomic E-state index is 13.0. The predicted molar refractivity (Wildman–Crippen MR) is 108 cm³/mol. The Hall–Kier alpha value is -1.19. The highest BCUT2D eigenvalue weighted by Gasteiger charge is 2.36. The lowest BCUT2D eigenvalue weighted by molar-refractivity contribution is 0.0681. The molecule has 2 atom stereocenters. The predicted octanol–water partition coefficient (Wildman–Crippen LogP) is 1.48. The minimum absolute atomic E-state index is 0. The van der Waals surface area contributed by atoms with Crippen molar-refractivity contribution in [1.29, 1.82) is 0 Å². The maximum Gasteiger partial charge on any atom is 0.253 e. The van der Waals surface area contributed by atoms with Crippen molar-refractivity contribution in [2.75, 3.05) is 33.4 Å². The van der Waals surface area contributed by atoms with Crippen LogP contribution in [0, 0.1) is 0 Å². The minimum Gasteiger partial charge on any atom is -0.379 e. The number of benzene rings is 1. The molecule has 0 aromatic heterocycles. The number of fused-ring (bicyclic) bond motifs is 2. The third-order valence-corrected chi connectivity index (χ3v) is 7.90. The van der Waals surface area contributed by atoms with E-state index in [0.29, 0.717) is 44.0 Å². The molecule has 0 aliphatic carbocycles. The number of sulfonamides is 1. The molecule has 156 valence electrons. The smallest absolute Gasteiger partial charge is 0.253 e. The van der Waals surface area contributed by atoms with Crippen LogP contribution in [-0.2, 0) is 14.8 Å². The van der Waals surface area contributed by atoms with Crippen molar-refractivity contribution in [3.8, 4) is 0 Å². The van der Waals surface area contributed by atoms with Crippen molar-refractivity contribution in [2.45, 2.75) is 48.7 Å². The number of carbonyl (C=O) groups excluding carboxylic acids is 1. The average Bonchev–Trinajstić information content (AvgIpc) is 3.05. The van der Waals surface area contributed by atoms with Crippen molar-refractivity contribution < 1.29 is 17.9 Å². The van der Waals surface area contributed by atoms with Crippen LogP contribution in [0.5, 0.6) is 0 Å². The number of piperidine rings is 1. The van der Waals surface area contributed by atoms with Crippen LogP contribution in [0.1, 0.15) is 36.0 Å². The van der Waals surface area contributed by atoms with Gasteiger partial charge in [0.05, 0.1) is 18.1 Å². The number of hydrogen-bond acceptors (Lipinski definition) is 5. The molecule has 3 saturated heterocycles. The molecule has 3 heterocycles. The van der Waals surface area contributed by atoms with Gasteiger partial charge in [-0.25, -0.2) is 8.42 Å². The summed E-state index contributed by atoms with van der Waals surface area (Å²) in [5.74, 6) is -0.111. The van der Waals surface area contributed by atoms with Crippen LogP contribution < -0.4 is 5.32 Å². The van der Waals surface area contributed by atoms with E-state index >= 15 is 0 Å². The van der Waals surface area contributed by atoms with E-state index < -0.39 is 10.0 Å². The van der Waals surface area contributed by atoms with Crippen LogP contribution >= 0.6 is 12.4 Å². The van der Waals surface area contributed by atoms with Gasteiger partial charge < -0.3 is 15.0 Å². The molecule has 1 amide bonds. The summed E-state index contributed by atoms with van der Waals surface area (Å²) in [7, 11) is -1.77. The maximum atomic E-state index is 13.0. The molecular formula is C19H28ClN3O4S. The van der Waals surface area contributed by atoms with Gasteiger partial charge >= 0.3 is 0 Å². The molecule has 2 unspecified atom stereocenters. The van der Waals surface area contributed by atoms with E-state index in [4.69, 9.17) is 4.74 Å². The number of nitrogens with one attached hydrogen (secondary N) is 1. The van der Waals surface area contributed by atoms with Gasteiger partial charge in [0.2, 0.25) is 10.0 Å². The molecule has 4 rings (SSSR count).